The van der Waals surface area contributed by atoms with Crippen molar-refractivity contribution in [2.24, 2.45) is 0 Å². The summed E-state index contributed by atoms with van der Waals surface area (Å²) in [6.45, 7) is -0.515. The first kappa shape index (κ1) is 19.4. The molecule has 4 amide bonds. The lowest BCUT2D eigenvalue weighted by Crippen LogP contribution is -2.51. The maximum absolute atomic E-state index is 12.4. The second kappa shape index (κ2) is 8.10. The highest BCUT2D eigenvalue weighted by atomic mass is 35.5. The Morgan fingerprint density at radius 1 is 1.14 bits per heavy atom. The Bertz CT molecular complexity index is 976. The van der Waals surface area contributed by atoms with E-state index < -0.39 is 30.2 Å². The first-order chi connectivity index (χ1) is 13.4. The Balaban J connectivity index is 1.63. The van der Waals surface area contributed by atoms with E-state index in [0.717, 1.165) is 4.90 Å². The quantitative estimate of drug-likeness (QED) is 0.594. The largest absolute Gasteiger partial charge is 0.496 e. The molecule has 8 nitrogen and oxygen atoms in total. The predicted octanol–water partition coefficient (Wildman–Crippen LogP) is 1.33. The van der Waals surface area contributed by atoms with Crippen molar-refractivity contribution in [3.05, 3.63) is 64.2 Å². The number of hydrazine groups is 1. The number of hydrogen-bond acceptors (Lipinski definition) is 5. The number of imide groups is 1. The standard InChI is InChI=1S/C19H16ClN3O5/c1-28-15-7-6-12(20)9-14(15)18(26)22-21-16(24)10-23-17(25)8-11-4-2-3-5-13(11)19(23)27/h2-7,9H,8,10H2,1H3,(H,21,24)(H,22,26). The Morgan fingerprint density at radius 2 is 1.89 bits per heavy atom. The van der Waals surface area contributed by atoms with Gasteiger partial charge < -0.3 is 4.74 Å². The van der Waals surface area contributed by atoms with Gasteiger partial charge in [-0.05, 0) is 29.8 Å². The smallest absolute Gasteiger partial charge is 0.273 e. The molecule has 0 bridgehead atoms. The first-order valence-electron chi connectivity index (χ1n) is 8.26. The Morgan fingerprint density at radius 3 is 2.64 bits per heavy atom. The molecule has 144 valence electrons. The zero-order valence-electron chi connectivity index (χ0n) is 14.8. The Kier molecular flexibility index (Phi) is 5.60. The summed E-state index contributed by atoms with van der Waals surface area (Å²) in [5.74, 6) is -2.15. The van der Waals surface area contributed by atoms with Crippen molar-refractivity contribution in [1.29, 1.82) is 0 Å². The molecule has 0 aliphatic carbocycles. The van der Waals surface area contributed by atoms with Crippen LogP contribution in [0, 0.1) is 0 Å². The van der Waals surface area contributed by atoms with Gasteiger partial charge in [-0.25, -0.2) is 0 Å². The van der Waals surface area contributed by atoms with Crippen LogP contribution in [-0.4, -0.2) is 42.2 Å². The summed E-state index contributed by atoms with van der Waals surface area (Å²) < 4.78 is 5.08. The number of benzene rings is 2. The van der Waals surface area contributed by atoms with Gasteiger partial charge in [0.2, 0.25) is 5.91 Å². The normalized spacial score (nSPS) is 13.0. The number of carbonyl (C=O) groups is 4. The van der Waals surface area contributed by atoms with Crippen molar-refractivity contribution in [1.82, 2.24) is 15.8 Å². The van der Waals surface area contributed by atoms with Gasteiger partial charge in [-0.15, -0.1) is 0 Å². The lowest BCUT2D eigenvalue weighted by atomic mass is 9.98. The molecule has 1 aliphatic heterocycles. The van der Waals surface area contributed by atoms with Crippen LogP contribution < -0.4 is 15.6 Å². The fourth-order valence-electron chi connectivity index (χ4n) is 2.79. The summed E-state index contributed by atoms with van der Waals surface area (Å²) in [6.07, 6.45) is 0.0290. The number of halogens is 1. The average molecular weight is 402 g/mol. The number of methoxy groups -OCH3 is 1. The van der Waals surface area contributed by atoms with Gasteiger partial charge in [-0.1, -0.05) is 29.8 Å². The van der Waals surface area contributed by atoms with Gasteiger partial charge in [0, 0.05) is 10.6 Å². The second-order valence-electron chi connectivity index (χ2n) is 5.97. The molecular weight excluding hydrogens is 386 g/mol. The van der Waals surface area contributed by atoms with Crippen molar-refractivity contribution in [3.8, 4) is 5.75 Å². The molecule has 1 heterocycles. The fourth-order valence-corrected chi connectivity index (χ4v) is 2.97. The molecule has 0 aromatic heterocycles. The minimum absolute atomic E-state index is 0.0290. The van der Waals surface area contributed by atoms with Gasteiger partial charge in [0.1, 0.15) is 12.3 Å². The third-order valence-electron chi connectivity index (χ3n) is 4.16. The molecule has 2 aromatic rings. The summed E-state index contributed by atoms with van der Waals surface area (Å²) in [6, 6.07) is 11.2. The highest BCUT2D eigenvalue weighted by Crippen LogP contribution is 2.22. The van der Waals surface area contributed by atoms with E-state index in [1.807, 2.05) is 0 Å². The molecule has 0 unspecified atom stereocenters. The minimum atomic E-state index is -0.726. The van der Waals surface area contributed by atoms with Gasteiger partial charge in [0.25, 0.3) is 17.7 Å². The Labute approximate surface area is 165 Å². The number of amides is 4. The van der Waals surface area contributed by atoms with Gasteiger partial charge in [0.05, 0.1) is 19.1 Å². The second-order valence-corrected chi connectivity index (χ2v) is 6.40. The molecule has 0 saturated heterocycles. The first-order valence-corrected chi connectivity index (χ1v) is 8.64. The molecule has 28 heavy (non-hydrogen) atoms. The number of carbonyl (C=O) groups excluding carboxylic acids is 4. The number of nitrogens with one attached hydrogen (secondary N) is 2. The number of hydrogen-bond donors (Lipinski definition) is 2. The van der Waals surface area contributed by atoms with E-state index in [-0.39, 0.29) is 17.7 Å². The summed E-state index contributed by atoms with van der Waals surface area (Å²) in [4.78, 5) is 49.9. The number of fused-ring (bicyclic) bond motifs is 1. The maximum atomic E-state index is 12.4. The van der Waals surface area contributed by atoms with Crippen molar-refractivity contribution in [3.63, 3.8) is 0 Å². The third kappa shape index (κ3) is 3.96. The predicted molar refractivity (Wildman–Crippen MR) is 99.8 cm³/mol. The maximum Gasteiger partial charge on any atom is 0.273 e. The molecule has 2 aromatic carbocycles. The fraction of sp³-hybridized carbons (Fsp3) is 0.158. The molecule has 0 atom stereocenters. The number of ether oxygens (including phenoxy) is 1. The van der Waals surface area contributed by atoms with E-state index in [2.05, 4.69) is 10.9 Å². The molecule has 9 heteroatoms. The highest BCUT2D eigenvalue weighted by Gasteiger charge is 2.32. The molecule has 2 N–H and O–H groups in total. The number of rotatable bonds is 4. The molecule has 1 aliphatic rings. The summed E-state index contributed by atoms with van der Waals surface area (Å²) >= 11 is 5.88. The molecule has 3 rings (SSSR count). The topological polar surface area (TPSA) is 105 Å². The van der Waals surface area contributed by atoms with Gasteiger partial charge in [-0.3, -0.25) is 34.9 Å². The molecule has 0 fully saturated rings. The van der Waals surface area contributed by atoms with E-state index in [1.54, 1.807) is 30.3 Å². The van der Waals surface area contributed by atoms with Crippen LogP contribution in [0.3, 0.4) is 0 Å². The van der Waals surface area contributed by atoms with E-state index >= 15 is 0 Å². The number of nitrogens with zero attached hydrogens (tertiary/aromatic N) is 1. The van der Waals surface area contributed by atoms with Crippen LogP contribution >= 0.6 is 11.6 Å². The van der Waals surface area contributed by atoms with Crippen molar-refractivity contribution >= 4 is 35.2 Å². The highest BCUT2D eigenvalue weighted by molar-refractivity contribution is 6.31. The van der Waals surface area contributed by atoms with E-state index in [1.165, 1.54) is 19.2 Å². The summed E-state index contributed by atoms with van der Waals surface area (Å²) in [7, 11) is 1.39. The SMILES string of the molecule is COc1ccc(Cl)cc1C(=O)NNC(=O)CN1C(=O)Cc2ccccc2C1=O. The van der Waals surface area contributed by atoms with Crippen LogP contribution in [0.25, 0.3) is 0 Å². The lowest BCUT2D eigenvalue weighted by Gasteiger charge is -2.26. The zero-order chi connectivity index (χ0) is 20.3. The zero-order valence-corrected chi connectivity index (χ0v) is 15.6. The molecule has 0 saturated carbocycles. The monoisotopic (exact) mass is 401 g/mol. The molecular formula is C19H16ClN3O5. The van der Waals surface area contributed by atoms with Gasteiger partial charge in [0.15, 0.2) is 0 Å². The van der Waals surface area contributed by atoms with E-state index in [0.29, 0.717) is 16.1 Å². The van der Waals surface area contributed by atoms with Crippen molar-refractivity contribution < 1.29 is 23.9 Å². The third-order valence-corrected chi connectivity index (χ3v) is 4.39. The van der Waals surface area contributed by atoms with Crippen LogP contribution in [-0.2, 0) is 16.0 Å². The van der Waals surface area contributed by atoms with Crippen molar-refractivity contribution in [2.75, 3.05) is 13.7 Å². The Hall–Kier alpha value is -3.39. The van der Waals surface area contributed by atoms with Gasteiger partial charge in [-0.2, -0.15) is 0 Å². The van der Waals surface area contributed by atoms with Crippen LogP contribution in [0.4, 0.5) is 0 Å². The molecule has 0 radical (unpaired) electrons. The van der Waals surface area contributed by atoms with Crippen LogP contribution in [0.15, 0.2) is 42.5 Å². The molecule has 0 spiro atoms. The van der Waals surface area contributed by atoms with Crippen LogP contribution in [0.2, 0.25) is 5.02 Å². The van der Waals surface area contributed by atoms with E-state index in [9.17, 15) is 19.2 Å². The lowest BCUT2D eigenvalue weighted by molar-refractivity contribution is -0.133. The van der Waals surface area contributed by atoms with Crippen LogP contribution in [0.1, 0.15) is 26.3 Å². The summed E-state index contributed by atoms with van der Waals surface area (Å²) in [5.41, 5.74) is 5.51. The summed E-state index contributed by atoms with van der Waals surface area (Å²) in [5, 5.41) is 0.320. The van der Waals surface area contributed by atoms with Gasteiger partial charge >= 0.3 is 0 Å². The average Bonchev–Trinajstić information content (AvgIpc) is 2.69. The van der Waals surface area contributed by atoms with Crippen molar-refractivity contribution in [2.45, 2.75) is 6.42 Å². The van der Waals surface area contributed by atoms with Crippen LogP contribution in [0.5, 0.6) is 5.75 Å². The van der Waals surface area contributed by atoms with E-state index in [4.69, 9.17) is 16.3 Å². The minimum Gasteiger partial charge on any atom is -0.496 e.